The van der Waals surface area contributed by atoms with E-state index in [2.05, 4.69) is 48.5 Å². The largest absolute Gasteiger partial charge is 0.310 e. The maximum absolute atomic E-state index is 4.65. The van der Waals surface area contributed by atoms with Crippen molar-refractivity contribution in [1.29, 1.82) is 0 Å². The highest BCUT2D eigenvalue weighted by atomic mass is 32.1. The van der Waals surface area contributed by atoms with E-state index in [-0.39, 0.29) is 0 Å². The zero-order valence-electron chi connectivity index (χ0n) is 12.2. The molecule has 0 aromatic carbocycles. The van der Waals surface area contributed by atoms with E-state index in [1.807, 2.05) is 4.68 Å². The average Bonchev–Trinajstić information content (AvgIpc) is 2.92. The van der Waals surface area contributed by atoms with Gasteiger partial charge >= 0.3 is 0 Å². The highest BCUT2D eigenvalue weighted by molar-refractivity contribution is 7.09. The van der Waals surface area contributed by atoms with Gasteiger partial charge in [-0.15, -0.1) is 11.3 Å². The van der Waals surface area contributed by atoms with E-state index in [9.17, 15) is 0 Å². The second-order valence-electron chi connectivity index (χ2n) is 4.86. The Labute approximate surface area is 118 Å². The third kappa shape index (κ3) is 3.42. The first-order valence-electron chi connectivity index (χ1n) is 6.76. The molecule has 1 N–H and O–H groups in total. The van der Waals surface area contributed by atoms with Gasteiger partial charge in [0.25, 0.3) is 0 Å². The maximum Gasteiger partial charge on any atom is 0.107 e. The SMILES string of the molecule is CCCNCc1nc(Cn2nc(C)c(C)c2C)cs1. The lowest BCUT2D eigenvalue weighted by Crippen LogP contribution is -2.13. The smallest absolute Gasteiger partial charge is 0.107 e. The van der Waals surface area contributed by atoms with Gasteiger partial charge in [0.05, 0.1) is 17.9 Å². The summed E-state index contributed by atoms with van der Waals surface area (Å²) >= 11 is 1.72. The quantitative estimate of drug-likeness (QED) is 0.826. The minimum Gasteiger partial charge on any atom is -0.310 e. The van der Waals surface area contributed by atoms with Crippen LogP contribution in [0.25, 0.3) is 0 Å². The molecule has 0 aliphatic heterocycles. The molecule has 4 nitrogen and oxygen atoms in total. The lowest BCUT2D eigenvalue weighted by Gasteiger charge is -2.02. The first-order valence-corrected chi connectivity index (χ1v) is 7.64. The van der Waals surface area contributed by atoms with Gasteiger partial charge in [-0.1, -0.05) is 6.92 Å². The zero-order chi connectivity index (χ0) is 13.8. The van der Waals surface area contributed by atoms with E-state index in [1.54, 1.807) is 11.3 Å². The van der Waals surface area contributed by atoms with Crippen LogP contribution < -0.4 is 5.32 Å². The van der Waals surface area contributed by atoms with Crippen LogP contribution in [0.15, 0.2) is 5.38 Å². The van der Waals surface area contributed by atoms with Crippen LogP contribution in [0.4, 0.5) is 0 Å². The standard InChI is InChI=1S/C14H22N4S/c1-5-6-15-7-14-16-13(9-19-14)8-18-12(4)10(2)11(3)17-18/h9,15H,5-8H2,1-4H3. The summed E-state index contributed by atoms with van der Waals surface area (Å²) in [6, 6.07) is 0. The molecule has 5 heteroatoms. The maximum atomic E-state index is 4.65. The molecule has 0 radical (unpaired) electrons. The Bertz CT molecular complexity index is 542. The molecule has 0 saturated heterocycles. The Kier molecular flexibility index (Phi) is 4.71. The van der Waals surface area contributed by atoms with Gasteiger partial charge in [-0.2, -0.15) is 5.10 Å². The molecule has 0 atom stereocenters. The van der Waals surface area contributed by atoms with E-state index in [0.29, 0.717) is 0 Å². The molecule has 0 aliphatic carbocycles. The fourth-order valence-electron chi connectivity index (χ4n) is 1.97. The average molecular weight is 278 g/mol. The summed E-state index contributed by atoms with van der Waals surface area (Å²) in [6.07, 6.45) is 1.16. The minimum absolute atomic E-state index is 0.769. The molecular formula is C14H22N4S. The van der Waals surface area contributed by atoms with Crippen LogP contribution in [-0.2, 0) is 13.1 Å². The summed E-state index contributed by atoms with van der Waals surface area (Å²) in [4.78, 5) is 4.65. The topological polar surface area (TPSA) is 42.7 Å². The summed E-state index contributed by atoms with van der Waals surface area (Å²) in [5.74, 6) is 0. The third-order valence-corrected chi connectivity index (χ3v) is 4.25. The molecule has 0 spiro atoms. The van der Waals surface area contributed by atoms with Crippen molar-refractivity contribution in [2.24, 2.45) is 0 Å². The third-order valence-electron chi connectivity index (χ3n) is 3.36. The molecule has 2 rings (SSSR count). The molecule has 19 heavy (non-hydrogen) atoms. The van der Waals surface area contributed by atoms with Gasteiger partial charge in [0.1, 0.15) is 5.01 Å². The fourth-order valence-corrected chi connectivity index (χ4v) is 2.72. The van der Waals surface area contributed by atoms with Crippen molar-refractivity contribution in [1.82, 2.24) is 20.1 Å². The molecule has 0 saturated carbocycles. The number of hydrogen-bond acceptors (Lipinski definition) is 4. The first-order chi connectivity index (χ1) is 9.11. The predicted molar refractivity (Wildman–Crippen MR) is 79.7 cm³/mol. The van der Waals surface area contributed by atoms with Crippen LogP contribution in [0.1, 0.15) is 41.0 Å². The number of aryl methyl sites for hydroxylation is 1. The van der Waals surface area contributed by atoms with Gasteiger partial charge in [-0.05, 0) is 39.3 Å². The highest BCUT2D eigenvalue weighted by Crippen LogP contribution is 2.15. The number of nitrogens with zero attached hydrogens (tertiary/aromatic N) is 3. The minimum atomic E-state index is 0.769. The summed E-state index contributed by atoms with van der Waals surface area (Å²) < 4.78 is 2.04. The van der Waals surface area contributed by atoms with Crippen LogP contribution in [-0.4, -0.2) is 21.3 Å². The monoisotopic (exact) mass is 278 g/mol. The molecule has 0 unspecified atom stereocenters. The van der Waals surface area contributed by atoms with Gasteiger partial charge in [0.15, 0.2) is 0 Å². The van der Waals surface area contributed by atoms with Gasteiger partial charge in [0, 0.05) is 17.6 Å². The molecule has 104 valence electrons. The van der Waals surface area contributed by atoms with Crippen molar-refractivity contribution in [2.45, 2.75) is 47.2 Å². The Morgan fingerprint density at radius 2 is 2.11 bits per heavy atom. The van der Waals surface area contributed by atoms with Crippen LogP contribution in [0, 0.1) is 20.8 Å². The van der Waals surface area contributed by atoms with Crippen LogP contribution in [0.2, 0.25) is 0 Å². The normalized spacial score (nSPS) is 11.2. The number of thiazole rings is 1. The molecule has 0 aliphatic rings. The second-order valence-corrected chi connectivity index (χ2v) is 5.81. The predicted octanol–water partition coefficient (Wildman–Crippen LogP) is 2.81. The van der Waals surface area contributed by atoms with E-state index in [1.165, 1.54) is 11.3 Å². The molecule has 0 bridgehead atoms. The molecule has 0 amide bonds. The number of nitrogens with one attached hydrogen (secondary N) is 1. The van der Waals surface area contributed by atoms with Gasteiger partial charge in [-0.3, -0.25) is 4.68 Å². The van der Waals surface area contributed by atoms with Gasteiger partial charge in [-0.25, -0.2) is 4.98 Å². The lowest BCUT2D eigenvalue weighted by atomic mass is 10.2. The lowest BCUT2D eigenvalue weighted by molar-refractivity contribution is 0.640. The Morgan fingerprint density at radius 1 is 1.32 bits per heavy atom. The van der Waals surface area contributed by atoms with Gasteiger partial charge < -0.3 is 5.32 Å². The van der Waals surface area contributed by atoms with Crippen molar-refractivity contribution in [3.63, 3.8) is 0 Å². The molecule has 2 aromatic rings. The van der Waals surface area contributed by atoms with Gasteiger partial charge in [0.2, 0.25) is 0 Å². The van der Waals surface area contributed by atoms with E-state index in [0.717, 1.165) is 42.5 Å². The van der Waals surface area contributed by atoms with Crippen molar-refractivity contribution >= 4 is 11.3 Å². The molecular weight excluding hydrogens is 256 g/mol. The molecule has 2 aromatic heterocycles. The summed E-state index contributed by atoms with van der Waals surface area (Å²) in [5.41, 5.74) is 4.72. The number of rotatable bonds is 6. The Hall–Kier alpha value is -1.20. The number of aromatic nitrogens is 3. The Balaban J connectivity index is 2.01. The van der Waals surface area contributed by atoms with Crippen molar-refractivity contribution < 1.29 is 0 Å². The number of hydrogen-bond donors (Lipinski definition) is 1. The van der Waals surface area contributed by atoms with Crippen LogP contribution in [0.5, 0.6) is 0 Å². The zero-order valence-corrected chi connectivity index (χ0v) is 13.0. The summed E-state index contributed by atoms with van der Waals surface area (Å²) in [5, 5.41) is 11.2. The Morgan fingerprint density at radius 3 is 2.74 bits per heavy atom. The highest BCUT2D eigenvalue weighted by Gasteiger charge is 2.09. The van der Waals surface area contributed by atoms with E-state index in [4.69, 9.17) is 0 Å². The van der Waals surface area contributed by atoms with Crippen LogP contribution in [0.3, 0.4) is 0 Å². The fraction of sp³-hybridized carbons (Fsp3) is 0.571. The summed E-state index contributed by atoms with van der Waals surface area (Å²) in [7, 11) is 0. The van der Waals surface area contributed by atoms with E-state index < -0.39 is 0 Å². The first kappa shape index (κ1) is 14.2. The van der Waals surface area contributed by atoms with Crippen molar-refractivity contribution in [2.75, 3.05) is 6.54 Å². The second kappa shape index (κ2) is 6.30. The van der Waals surface area contributed by atoms with Crippen LogP contribution >= 0.6 is 11.3 Å². The van der Waals surface area contributed by atoms with Crippen molar-refractivity contribution in [3.05, 3.63) is 33.0 Å². The van der Waals surface area contributed by atoms with Crippen molar-refractivity contribution in [3.8, 4) is 0 Å². The molecule has 2 heterocycles. The summed E-state index contributed by atoms with van der Waals surface area (Å²) in [6.45, 7) is 11.1. The van der Waals surface area contributed by atoms with E-state index >= 15 is 0 Å². The molecule has 0 fully saturated rings.